The minimum atomic E-state index is 0.190. The van der Waals surface area contributed by atoms with Gasteiger partial charge in [-0.1, -0.05) is 6.58 Å². The SMILES string of the molecule is C=C(CNC(C)(C)C)CN(C)C. The fourth-order valence-corrected chi connectivity index (χ4v) is 0.893. The van der Waals surface area contributed by atoms with Gasteiger partial charge in [0.05, 0.1) is 0 Å². The Morgan fingerprint density at radius 3 is 2.17 bits per heavy atom. The zero-order chi connectivity index (χ0) is 9.78. The third-order valence-corrected chi connectivity index (χ3v) is 1.41. The van der Waals surface area contributed by atoms with E-state index in [1.54, 1.807) is 0 Å². The highest BCUT2D eigenvalue weighted by molar-refractivity contribution is 5.00. The van der Waals surface area contributed by atoms with Crippen molar-refractivity contribution in [3.8, 4) is 0 Å². The number of likely N-dealkylation sites (N-methyl/N-ethyl adjacent to an activating group) is 1. The molecule has 0 aromatic rings. The molecule has 0 aliphatic carbocycles. The summed E-state index contributed by atoms with van der Waals surface area (Å²) in [5.74, 6) is 0. The first-order valence-electron chi connectivity index (χ1n) is 4.37. The van der Waals surface area contributed by atoms with Gasteiger partial charge in [-0.05, 0) is 40.4 Å². The fourth-order valence-electron chi connectivity index (χ4n) is 0.893. The Hall–Kier alpha value is -0.340. The van der Waals surface area contributed by atoms with Gasteiger partial charge in [0, 0.05) is 18.6 Å². The lowest BCUT2D eigenvalue weighted by atomic mass is 10.1. The molecule has 0 radical (unpaired) electrons. The van der Waals surface area contributed by atoms with E-state index in [1.165, 1.54) is 5.57 Å². The molecule has 72 valence electrons. The van der Waals surface area contributed by atoms with Gasteiger partial charge in [-0.3, -0.25) is 0 Å². The van der Waals surface area contributed by atoms with Crippen molar-refractivity contribution in [1.29, 1.82) is 0 Å². The van der Waals surface area contributed by atoms with E-state index in [4.69, 9.17) is 0 Å². The van der Waals surface area contributed by atoms with E-state index in [1.807, 2.05) is 0 Å². The maximum absolute atomic E-state index is 3.99. The van der Waals surface area contributed by atoms with E-state index >= 15 is 0 Å². The summed E-state index contributed by atoms with van der Waals surface area (Å²) in [5.41, 5.74) is 1.42. The summed E-state index contributed by atoms with van der Waals surface area (Å²) in [5, 5.41) is 3.40. The van der Waals surface area contributed by atoms with Gasteiger partial charge in [0.2, 0.25) is 0 Å². The molecule has 0 aromatic heterocycles. The number of hydrogen-bond acceptors (Lipinski definition) is 2. The molecule has 0 aromatic carbocycles. The van der Waals surface area contributed by atoms with Gasteiger partial charge in [-0.15, -0.1) is 0 Å². The van der Waals surface area contributed by atoms with Crippen molar-refractivity contribution in [2.75, 3.05) is 27.2 Å². The van der Waals surface area contributed by atoms with Crippen molar-refractivity contribution in [3.05, 3.63) is 12.2 Å². The fraction of sp³-hybridized carbons (Fsp3) is 0.800. The smallest absolute Gasteiger partial charge is 0.0196 e. The van der Waals surface area contributed by atoms with Crippen molar-refractivity contribution in [1.82, 2.24) is 10.2 Å². The Bertz CT molecular complexity index is 142. The predicted octanol–water partition coefficient (Wildman–Crippen LogP) is 1.49. The standard InChI is InChI=1S/C10H22N2/c1-9(8-12(5)6)7-11-10(2,3)4/h11H,1,7-8H2,2-6H3. The molecular formula is C10H22N2. The highest BCUT2D eigenvalue weighted by Gasteiger charge is 2.08. The van der Waals surface area contributed by atoms with E-state index in [2.05, 4.69) is 51.7 Å². The van der Waals surface area contributed by atoms with Gasteiger partial charge < -0.3 is 10.2 Å². The van der Waals surface area contributed by atoms with Crippen LogP contribution in [0.5, 0.6) is 0 Å². The third-order valence-electron chi connectivity index (χ3n) is 1.41. The van der Waals surface area contributed by atoms with Crippen LogP contribution in [-0.2, 0) is 0 Å². The minimum absolute atomic E-state index is 0.190. The minimum Gasteiger partial charge on any atom is -0.308 e. The van der Waals surface area contributed by atoms with Crippen LogP contribution in [0.4, 0.5) is 0 Å². The van der Waals surface area contributed by atoms with E-state index in [-0.39, 0.29) is 5.54 Å². The highest BCUT2D eigenvalue weighted by Crippen LogP contribution is 2.00. The number of nitrogens with one attached hydrogen (secondary N) is 1. The van der Waals surface area contributed by atoms with Crippen LogP contribution in [0, 0.1) is 0 Å². The molecule has 12 heavy (non-hydrogen) atoms. The molecule has 0 fully saturated rings. The lowest BCUT2D eigenvalue weighted by molar-refractivity contribution is 0.411. The second-order valence-corrected chi connectivity index (χ2v) is 4.59. The first kappa shape index (κ1) is 11.7. The predicted molar refractivity (Wildman–Crippen MR) is 55.4 cm³/mol. The van der Waals surface area contributed by atoms with Gasteiger partial charge >= 0.3 is 0 Å². The Morgan fingerprint density at radius 2 is 1.83 bits per heavy atom. The Balaban J connectivity index is 3.58. The summed E-state index contributed by atoms with van der Waals surface area (Å²) in [6, 6.07) is 0. The van der Waals surface area contributed by atoms with Crippen LogP contribution in [-0.4, -0.2) is 37.6 Å². The average Bonchev–Trinajstić information content (AvgIpc) is 1.80. The van der Waals surface area contributed by atoms with Gasteiger partial charge in [-0.25, -0.2) is 0 Å². The molecule has 0 heterocycles. The van der Waals surface area contributed by atoms with Crippen LogP contribution in [0.25, 0.3) is 0 Å². The summed E-state index contributed by atoms with van der Waals surface area (Å²) < 4.78 is 0. The number of hydrogen-bond donors (Lipinski definition) is 1. The Kier molecular flexibility index (Phi) is 4.50. The van der Waals surface area contributed by atoms with Gasteiger partial charge in [0.25, 0.3) is 0 Å². The molecule has 0 atom stereocenters. The second-order valence-electron chi connectivity index (χ2n) is 4.59. The van der Waals surface area contributed by atoms with Crippen molar-refractivity contribution >= 4 is 0 Å². The van der Waals surface area contributed by atoms with Crippen LogP contribution >= 0.6 is 0 Å². The van der Waals surface area contributed by atoms with Gasteiger partial charge in [0.15, 0.2) is 0 Å². The summed E-state index contributed by atoms with van der Waals surface area (Å²) >= 11 is 0. The molecule has 0 bridgehead atoms. The van der Waals surface area contributed by atoms with Gasteiger partial charge in [0.1, 0.15) is 0 Å². The molecule has 0 aliphatic rings. The lowest BCUT2D eigenvalue weighted by Crippen LogP contribution is -2.38. The summed E-state index contributed by atoms with van der Waals surface area (Å²) in [4.78, 5) is 2.13. The molecule has 1 N–H and O–H groups in total. The quantitative estimate of drug-likeness (QED) is 0.643. The van der Waals surface area contributed by atoms with Crippen molar-refractivity contribution in [2.24, 2.45) is 0 Å². The summed E-state index contributed by atoms with van der Waals surface area (Å²) in [6.45, 7) is 12.3. The third kappa shape index (κ3) is 7.76. The molecule has 0 rings (SSSR count). The molecular weight excluding hydrogens is 148 g/mol. The zero-order valence-electron chi connectivity index (χ0n) is 9.07. The van der Waals surface area contributed by atoms with Crippen molar-refractivity contribution in [3.63, 3.8) is 0 Å². The average molecular weight is 170 g/mol. The van der Waals surface area contributed by atoms with Crippen LogP contribution in [0.1, 0.15) is 20.8 Å². The first-order valence-corrected chi connectivity index (χ1v) is 4.37. The molecule has 2 heteroatoms. The van der Waals surface area contributed by atoms with E-state index < -0.39 is 0 Å². The Labute approximate surface area is 76.6 Å². The van der Waals surface area contributed by atoms with Crippen LogP contribution in [0.15, 0.2) is 12.2 Å². The molecule has 2 nitrogen and oxygen atoms in total. The van der Waals surface area contributed by atoms with E-state index in [9.17, 15) is 0 Å². The Morgan fingerprint density at radius 1 is 1.33 bits per heavy atom. The maximum atomic E-state index is 3.99. The molecule has 0 aliphatic heterocycles. The molecule has 0 amide bonds. The summed E-state index contributed by atoms with van der Waals surface area (Å²) in [7, 11) is 4.12. The van der Waals surface area contributed by atoms with E-state index in [0.717, 1.165) is 13.1 Å². The van der Waals surface area contributed by atoms with Crippen LogP contribution in [0.2, 0.25) is 0 Å². The second kappa shape index (κ2) is 4.63. The monoisotopic (exact) mass is 170 g/mol. The molecule has 0 spiro atoms. The normalized spacial score (nSPS) is 12.2. The van der Waals surface area contributed by atoms with Crippen LogP contribution < -0.4 is 5.32 Å². The molecule has 0 saturated heterocycles. The largest absolute Gasteiger partial charge is 0.308 e. The topological polar surface area (TPSA) is 15.3 Å². The van der Waals surface area contributed by atoms with Crippen LogP contribution in [0.3, 0.4) is 0 Å². The molecule has 0 unspecified atom stereocenters. The number of rotatable bonds is 4. The number of nitrogens with zero attached hydrogens (tertiary/aromatic N) is 1. The van der Waals surface area contributed by atoms with Gasteiger partial charge in [-0.2, -0.15) is 0 Å². The molecule has 0 saturated carbocycles. The van der Waals surface area contributed by atoms with E-state index in [0.29, 0.717) is 0 Å². The maximum Gasteiger partial charge on any atom is 0.0196 e. The lowest BCUT2D eigenvalue weighted by Gasteiger charge is -2.22. The first-order chi connectivity index (χ1) is 5.31. The summed E-state index contributed by atoms with van der Waals surface area (Å²) in [6.07, 6.45) is 0. The highest BCUT2D eigenvalue weighted by atomic mass is 15.1. The van der Waals surface area contributed by atoms with Crippen molar-refractivity contribution in [2.45, 2.75) is 26.3 Å². The zero-order valence-corrected chi connectivity index (χ0v) is 9.07. The van der Waals surface area contributed by atoms with Crippen molar-refractivity contribution < 1.29 is 0 Å².